The second-order valence-corrected chi connectivity index (χ2v) is 12.5. The molecule has 4 fully saturated rings. The molecule has 8 rings (SSSR count). The number of carbonyl (C=O) groups is 3. The lowest BCUT2D eigenvalue weighted by Crippen LogP contribution is -2.64. The van der Waals surface area contributed by atoms with Gasteiger partial charge in [-0.15, -0.1) is 0 Å². The van der Waals surface area contributed by atoms with Crippen LogP contribution in [-0.2, 0) is 11.3 Å². The Balaban J connectivity index is 1.11. The molecule has 2 N–H and O–H groups in total. The Kier molecular flexibility index (Phi) is 5.43. The largest absolute Gasteiger partial charge is 0.481 e. The molecule has 2 unspecified atom stereocenters. The number of amides is 2. The van der Waals surface area contributed by atoms with Gasteiger partial charge < -0.3 is 15.3 Å². The van der Waals surface area contributed by atoms with Gasteiger partial charge >= 0.3 is 5.97 Å². The SMILES string of the molecule is O=C(Nc1ccc(-c2ccc3c(c2)C(=O)N(C24C[C@@H]5C[C@@H](CC(C(=O)O)(C5)C2)C4)C3)cc1)c1ccc(Cl)cc1. The molecule has 0 spiro atoms. The van der Waals surface area contributed by atoms with E-state index in [1.165, 1.54) is 0 Å². The number of anilines is 1. The predicted molar refractivity (Wildman–Crippen MR) is 149 cm³/mol. The molecule has 1 aliphatic heterocycles. The summed E-state index contributed by atoms with van der Waals surface area (Å²) in [4.78, 5) is 40.7. The van der Waals surface area contributed by atoms with Crippen LogP contribution in [0.4, 0.5) is 5.69 Å². The van der Waals surface area contributed by atoms with Crippen LogP contribution in [0.3, 0.4) is 0 Å². The highest BCUT2D eigenvalue weighted by atomic mass is 35.5. The van der Waals surface area contributed by atoms with Crippen molar-refractivity contribution in [3.05, 3.63) is 88.4 Å². The van der Waals surface area contributed by atoms with Crippen molar-refractivity contribution >= 4 is 35.1 Å². The van der Waals surface area contributed by atoms with Gasteiger partial charge in [-0.3, -0.25) is 14.4 Å². The molecule has 4 atom stereocenters. The van der Waals surface area contributed by atoms with E-state index in [1.807, 2.05) is 47.4 Å². The van der Waals surface area contributed by atoms with Crippen molar-refractivity contribution in [3.8, 4) is 11.1 Å². The van der Waals surface area contributed by atoms with Crippen molar-refractivity contribution in [1.29, 1.82) is 0 Å². The number of carboxylic acids is 1. The molecular formula is C32H29ClN2O4. The van der Waals surface area contributed by atoms with Gasteiger partial charge in [-0.05, 0) is 110 Å². The molecule has 0 saturated heterocycles. The predicted octanol–water partition coefficient (Wildman–Crippen LogP) is 6.64. The van der Waals surface area contributed by atoms with Gasteiger partial charge in [0, 0.05) is 33.9 Å². The van der Waals surface area contributed by atoms with Gasteiger partial charge in [0.25, 0.3) is 11.8 Å². The number of nitrogens with zero attached hydrogens (tertiary/aromatic N) is 1. The zero-order valence-electron chi connectivity index (χ0n) is 21.5. The fourth-order valence-corrected chi connectivity index (χ4v) is 8.32. The molecule has 5 aliphatic rings. The summed E-state index contributed by atoms with van der Waals surface area (Å²) in [6, 6.07) is 20.3. The Hall–Kier alpha value is -3.64. The molecule has 198 valence electrons. The van der Waals surface area contributed by atoms with Gasteiger partial charge in [-0.2, -0.15) is 0 Å². The molecule has 1 heterocycles. The summed E-state index contributed by atoms with van der Waals surface area (Å²) in [5.41, 5.74) is 3.80. The number of hydrogen-bond donors (Lipinski definition) is 2. The Labute approximate surface area is 232 Å². The average Bonchev–Trinajstić information content (AvgIpc) is 3.25. The van der Waals surface area contributed by atoms with Gasteiger partial charge in [-0.1, -0.05) is 35.9 Å². The fraction of sp³-hybridized carbons (Fsp3) is 0.344. The number of benzene rings is 3. The zero-order chi connectivity index (χ0) is 26.9. The average molecular weight is 541 g/mol. The first-order valence-electron chi connectivity index (χ1n) is 13.6. The van der Waals surface area contributed by atoms with E-state index in [1.54, 1.807) is 24.3 Å². The number of fused-ring (bicyclic) bond motifs is 1. The minimum absolute atomic E-state index is 0.0289. The van der Waals surface area contributed by atoms with Gasteiger partial charge in [0.2, 0.25) is 0 Å². The van der Waals surface area contributed by atoms with Crippen LogP contribution in [-0.4, -0.2) is 33.3 Å². The van der Waals surface area contributed by atoms with E-state index in [4.69, 9.17) is 11.6 Å². The quantitative estimate of drug-likeness (QED) is 0.380. The number of hydrogen-bond acceptors (Lipinski definition) is 3. The maximum Gasteiger partial charge on any atom is 0.309 e. The molecule has 4 aliphatic carbocycles. The Bertz CT molecular complexity index is 1500. The molecule has 0 radical (unpaired) electrons. The third-order valence-corrected chi connectivity index (χ3v) is 9.80. The third-order valence-electron chi connectivity index (χ3n) is 9.55. The van der Waals surface area contributed by atoms with Crippen LogP contribution in [0.1, 0.15) is 64.8 Å². The second kappa shape index (κ2) is 8.68. The van der Waals surface area contributed by atoms with E-state index in [9.17, 15) is 19.5 Å². The van der Waals surface area contributed by atoms with Crippen molar-refractivity contribution in [3.63, 3.8) is 0 Å². The highest BCUT2D eigenvalue weighted by Crippen LogP contribution is 2.64. The van der Waals surface area contributed by atoms with Gasteiger partial charge in [0.15, 0.2) is 0 Å². The Morgan fingerprint density at radius 3 is 2.23 bits per heavy atom. The molecule has 4 bridgehead atoms. The van der Waals surface area contributed by atoms with Gasteiger partial charge in [-0.25, -0.2) is 0 Å². The molecule has 0 aromatic heterocycles. The fourth-order valence-electron chi connectivity index (χ4n) is 8.19. The number of carboxylic acid groups (broad SMARTS) is 1. The maximum atomic E-state index is 13.8. The Morgan fingerprint density at radius 1 is 0.897 bits per heavy atom. The number of rotatable bonds is 5. The normalized spacial score (nSPS) is 28.4. The van der Waals surface area contributed by atoms with Crippen molar-refractivity contribution in [2.24, 2.45) is 17.3 Å². The molecular weight excluding hydrogens is 512 g/mol. The van der Waals surface area contributed by atoms with E-state index < -0.39 is 11.4 Å². The molecule has 2 amide bonds. The number of nitrogens with one attached hydrogen (secondary N) is 1. The molecule has 3 aromatic carbocycles. The van der Waals surface area contributed by atoms with Crippen molar-refractivity contribution < 1.29 is 19.5 Å². The molecule has 4 saturated carbocycles. The van der Waals surface area contributed by atoms with Crippen molar-refractivity contribution in [2.75, 3.05) is 5.32 Å². The van der Waals surface area contributed by atoms with Crippen LogP contribution < -0.4 is 5.32 Å². The van der Waals surface area contributed by atoms with Crippen LogP contribution in [0.15, 0.2) is 66.7 Å². The van der Waals surface area contributed by atoms with Crippen LogP contribution in [0.2, 0.25) is 5.02 Å². The lowest BCUT2D eigenvalue weighted by Gasteiger charge is -2.62. The smallest absolute Gasteiger partial charge is 0.309 e. The zero-order valence-corrected chi connectivity index (χ0v) is 22.2. The highest BCUT2D eigenvalue weighted by molar-refractivity contribution is 6.30. The minimum atomic E-state index is -0.680. The van der Waals surface area contributed by atoms with E-state index in [0.29, 0.717) is 46.6 Å². The summed E-state index contributed by atoms with van der Waals surface area (Å²) in [6.07, 6.45) is 5.05. The van der Waals surface area contributed by atoms with E-state index >= 15 is 0 Å². The summed E-state index contributed by atoms with van der Waals surface area (Å²) in [6.45, 7) is 0.555. The number of halogens is 1. The van der Waals surface area contributed by atoms with E-state index in [0.717, 1.165) is 48.8 Å². The van der Waals surface area contributed by atoms with Crippen LogP contribution in [0.5, 0.6) is 0 Å². The van der Waals surface area contributed by atoms with Crippen molar-refractivity contribution in [1.82, 2.24) is 4.90 Å². The molecule has 7 heteroatoms. The van der Waals surface area contributed by atoms with Crippen molar-refractivity contribution in [2.45, 2.75) is 50.6 Å². The molecule has 39 heavy (non-hydrogen) atoms. The van der Waals surface area contributed by atoms with Gasteiger partial charge in [0.1, 0.15) is 0 Å². The van der Waals surface area contributed by atoms with E-state index in [-0.39, 0.29) is 17.4 Å². The second-order valence-electron chi connectivity index (χ2n) is 12.1. The lowest BCUT2D eigenvalue weighted by atomic mass is 9.46. The summed E-state index contributed by atoms with van der Waals surface area (Å²) >= 11 is 5.91. The standard InChI is InChI=1S/C32H29ClN2O4/c33-25-7-3-22(4-8-25)28(36)34-26-9-5-21(6-10-26)23-1-2-24-17-35(29(37)27(24)12-23)32-15-19-11-20(16-32)14-31(13-19,18-32)30(38)39/h1-10,12,19-20H,11,13-18H2,(H,34,36)(H,38,39)/t19-,20+,31?,32?. The van der Waals surface area contributed by atoms with Crippen LogP contribution >= 0.6 is 11.6 Å². The summed E-state index contributed by atoms with van der Waals surface area (Å²) in [7, 11) is 0. The Morgan fingerprint density at radius 2 is 1.56 bits per heavy atom. The third kappa shape index (κ3) is 3.96. The minimum Gasteiger partial charge on any atom is -0.481 e. The first-order valence-corrected chi connectivity index (χ1v) is 14.0. The lowest BCUT2D eigenvalue weighted by molar-refractivity contribution is -0.175. The summed E-state index contributed by atoms with van der Waals surface area (Å²) < 4.78 is 0. The molecule has 3 aromatic rings. The molecule has 6 nitrogen and oxygen atoms in total. The summed E-state index contributed by atoms with van der Waals surface area (Å²) in [5.74, 6) is -0.0698. The van der Waals surface area contributed by atoms with Crippen LogP contribution in [0.25, 0.3) is 11.1 Å². The van der Waals surface area contributed by atoms with Crippen LogP contribution in [0, 0.1) is 17.3 Å². The highest BCUT2D eigenvalue weighted by Gasteiger charge is 2.63. The first-order chi connectivity index (χ1) is 18.7. The van der Waals surface area contributed by atoms with Gasteiger partial charge in [0.05, 0.1) is 5.41 Å². The topological polar surface area (TPSA) is 86.7 Å². The monoisotopic (exact) mass is 540 g/mol. The van der Waals surface area contributed by atoms with E-state index in [2.05, 4.69) is 5.32 Å². The number of carbonyl (C=O) groups excluding carboxylic acids is 2. The maximum absolute atomic E-state index is 13.8. The first kappa shape index (κ1) is 24.4. The number of aliphatic carboxylic acids is 1. The summed E-state index contributed by atoms with van der Waals surface area (Å²) in [5, 5.41) is 13.6.